The number of nitriles is 1. The fourth-order valence-electron chi connectivity index (χ4n) is 4.56. The number of hydrogen-bond acceptors (Lipinski definition) is 7. The molecule has 2 aliphatic carbocycles. The van der Waals surface area contributed by atoms with Crippen LogP contribution in [0.25, 0.3) is 0 Å². The third kappa shape index (κ3) is 5.59. The number of rotatable bonds is 6. The second kappa shape index (κ2) is 11.2. The number of aromatic nitrogens is 1. The number of carbonyl (C=O) groups excluding carboxylic acids is 2. The van der Waals surface area contributed by atoms with Crippen LogP contribution in [0.4, 0.5) is 5.00 Å². The van der Waals surface area contributed by atoms with Gasteiger partial charge in [-0.15, -0.1) is 23.1 Å². The highest BCUT2D eigenvalue weighted by molar-refractivity contribution is 7.99. The van der Waals surface area contributed by atoms with Crippen molar-refractivity contribution in [3.8, 4) is 6.07 Å². The Hall–Kier alpha value is -2.37. The molecule has 0 saturated carbocycles. The highest BCUT2D eigenvalue weighted by atomic mass is 32.2. The van der Waals surface area contributed by atoms with Crippen molar-refractivity contribution in [3.63, 3.8) is 0 Å². The summed E-state index contributed by atoms with van der Waals surface area (Å²) in [7, 11) is 1.37. The van der Waals surface area contributed by atoms with Crippen molar-refractivity contribution in [2.45, 2.75) is 75.7 Å². The number of thiophene rings is 1. The number of carbonyl (C=O) groups is 2. The minimum Gasteiger partial charge on any atom is -0.465 e. The molecule has 0 radical (unpaired) electrons. The first-order valence-corrected chi connectivity index (χ1v) is 13.5. The fraction of sp³-hybridized carbons (Fsp3) is 0.520. The number of thioether (sulfide) groups is 1. The van der Waals surface area contributed by atoms with Gasteiger partial charge in [-0.25, -0.2) is 9.78 Å². The van der Waals surface area contributed by atoms with E-state index in [1.807, 2.05) is 6.07 Å². The Kier molecular flexibility index (Phi) is 8.05. The number of nitrogens with one attached hydrogen (secondary N) is 1. The van der Waals surface area contributed by atoms with Gasteiger partial charge in [-0.2, -0.15) is 5.26 Å². The lowest BCUT2D eigenvalue weighted by molar-refractivity contribution is -0.115. The topological polar surface area (TPSA) is 92.1 Å². The minimum atomic E-state index is -0.386. The molecule has 0 spiro atoms. The Labute approximate surface area is 203 Å². The minimum absolute atomic E-state index is 0.143. The highest BCUT2D eigenvalue weighted by Crippen LogP contribution is 2.38. The average Bonchev–Trinajstić information content (AvgIpc) is 3.17. The first-order chi connectivity index (χ1) is 16.1. The van der Waals surface area contributed by atoms with E-state index in [1.54, 1.807) is 0 Å². The van der Waals surface area contributed by atoms with Crippen LogP contribution in [0, 0.1) is 11.3 Å². The van der Waals surface area contributed by atoms with Crippen LogP contribution in [0.1, 0.15) is 82.6 Å². The van der Waals surface area contributed by atoms with Gasteiger partial charge in [0.15, 0.2) is 0 Å². The molecule has 0 unspecified atom stereocenters. The molecule has 8 heteroatoms. The molecule has 33 heavy (non-hydrogen) atoms. The first-order valence-electron chi connectivity index (χ1n) is 11.7. The van der Waals surface area contributed by atoms with E-state index >= 15 is 0 Å². The Morgan fingerprint density at radius 3 is 2.70 bits per heavy atom. The Morgan fingerprint density at radius 2 is 1.91 bits per heavy atom. The van der Waals surface area contributed by atoms with Crippen molar-refractivity contribution in [1.82, 2.24) is 4.98 Å². The van der Waals surface area contributed by atoms with Crippen molar-refractivity contribution in [1.29, 1.82) is 5.26 Å². The summed E-state index contributed by atoms with van der Waals surface area (Å²) >= 11 is 2.95. The van der Waals surface area contributed by atoms with Gasteiger partial charge < -0.3 is 10.1 Å². The molecular weight excluding hydrogens is 454 g/mol. The molecule has 0 aromatic carbocycles. The number of aryl methyl sites for hydroxylation is 3. The molecule has 0 saturated heterocycles. The lowest BCUT2D eigenvalue weighted by Gasteiger charge is -2.15. The zero-order chi connectivity index (χ0) is 23.2. The average molecular weight is 484 g/mol. The third-order valence-corrected chi connectivity index (χ3v) is 8.47. The van der Waals surface area contributed by atoms with Crippen molar-refractivity contribution in [3.05, 3.63) is 38.9 Å². The SMILES string of the molecule is COC(=O)c1c(NC(=O)CCSc2nc3c(cc2C#N)CCCCCC3)sc2c1CCCC2. The van der Waals surface area contributed by atoms with E-state index in [9.17, 15) is 14.9 Å². The maximum absolute atomic E-state index is 12.7. The molecular formula is C25H29N3O3S2. The number of ether oxygens (including phenoxy) is 1. The van der Waals surface area contributed by atoms with Crippen molar-refractivity contribution in [2.24, 2.45) is 0 Å². The molecule has 0 fully saturated rings. The number of anilines is 1. The van der Waals surface area contributed by atoms with Gasteiger partial charge in [-0.05, 0) is 68.6 Å². The van der Waals surface area contributed by atoms with Gasteiger partial charge in [0.2, 0.25) is 5.91 Å². The van der Waals surface area contributed by atoms with Gasteiger partial charge in [-0.1, -0.05) is 12.8 Å². The number of hydrogen-bond donors (Lipinski definition) is 1. The molecule has 1 amide bonds. The summed E-state index contributed by atoms with van der Waals surface area (Å²) in [5.41, 5.74) is 4.45. The van der Waals surface area contributed by atoms with E-state index in [2.05, 4.69) is 11.4 Å². The predicted molar refractivity (Wildman–Crippen MR) is 131 cm³/mol. The van der Waals surface area contributed by atoms with E-state index in [0.29, 0.717) is 26.9 Å². The summed E-state index contributed by atoms with van der Waals surface area (Å²) < 4.78 is 4.98. The second-order valence-corrected chi connectivity index (χ2v) is 10.7. The number of amides is 1. The zero-order valence-corrected chi connectivity index (χ0v) is 20.6. The number of fused-ring (bicyclic) bond motifs is 2. The van der Waals surface area contributed by atoms with Crippen molar-refractivity contribution in [2.75, 3.05) is 18.2 Å². The Bertz CT molecular complexity index is 1090. The van der Waals surface area contributed by atoms with Crippen LogP contribution in [0.3, 0.4) is 0 Å². The smallest absolute Gasteiger partial charge is 0.341 e. The first kappa shape index (κ1) is 23.8. The third-order valence-electron chi connectivity index (χ3n) is 6.27. The van der Waals surface area contributed by atoms with E-state index in [4.69, 9.17) is 9.72 Å². The maximum atomic E-state index is 12.7. The van der Waals surface area contributed by atoms with Crippen LogP contribution in [0.5, 0.6) is 0 Å². The second-order valence-electron chi connectivity index (χ2n) is 8.53. The maximum Gasteiger partial charge on any atom is 0.341 e. The summed E-state index contributed by atoms with van der Waals surface area (Å²) in [5, 5.41) is 13.9. The summed E-state index contributed by atoms with van der Waals surface area (Å²) in [6, 6.07) is 4.28. The lowest BCUT2D eigenvalue weighted by atomic mass is 9.95. The Morgan fingerprint density at radius 1 is 1.15 bits per heavy atom. The van der Waals surface area contributed by atoms with Gasteiger partial charge in [0.1, 0.15) is 16.1 Å². The predicted octanol–water partition coefficient (Wildman–Crippen LogP) is 5.46. The number of nitrogens with zero attached hydrogens (tertiary/aromatic N) is 2. The van der Waals surface area contributed by atoms with E-state index in [1.165, 1.54) is 53.5 Å². The summed E-state index contributed by atoms with van der Waals surface area (Å²) in [6.07, 6.45) is 10.9. The van der Waals surface area contributed by atoms with E-state index in [-0.39, 0.29) is 18.3 Å². The van der Waals surface area contributed by atoms with Crippen LogP contribution in [0.15, 0.2) is 11.1 Å². The number of methoxy groups -OCH3 is 1. The molecule has 0 atom stereocenters. The van der Waals surface area contributed by atoms with Gasteiger partial charge in [-0.3, -0.25) is 4.79 Å². The quantitative estimate of drug-likeness (QED) is 0.433. The standard InChI is InChI=1S/C25H29N3O3S2/c1-31-25(30)22-18-9-6-7-11-20(18)33-24(22)28-21(29)12-13-32-23-17(15-26)14-16-8-4-2-3-5-10-19(16)27-23/h14H,2-13H2,1H3,(H,28,29). The molecule has 6 nitrogen and oxygen atoms in total. The fourth-order valence-corrected chi connectivity index (χ4v) is 6.77. The summed E-state index contributed by atoms with van der Waals surface area (Å²) in [5.74, 6) is -0.0102. The monoisotopic (exact) mass is 483 g/mol. The molecule has 0 aliphatic heterocycles. The summed E-state index contributed by atoms with van der Waals surface area (Å²) in [6.45, 7) is 0. The van der Waals surface area contributed by atoms with Crippen molar-refractivity contribution >= 4 is 40.0 Å². The molecule has 1 N–H and O–H groups in total. The van der Waals surface area contributed by atoms with Crippen LogP contribution in [-0.2, 0) is 35.2 Å². The van der Waals surface area contributed by atoms with Gasteiger partial charge >= 0.3 is 5.97 Å². The van der Waals surface area contributed by atoms with Gasteiger partial charge in [0.05, 0.1) is 18.2 Å². The van der Waals surface area contributed by atoms with E-state index in [0.717, 1.165) is 62.6 Å². The molecule has 0 bridgehead atoms. The number of esters is 1. The molecule has 2 aromatic rings. The van der Waals surface area contributed by atoms with Gasteiger partial charge in [0.25, 0.3) is 0 Å². The molecule has 2 aliphatic rings. The molecule has 174 valence electrons. The van der Waals surface area contributed by atoms with Crippen LogP contribution < -0.4 is 5.32 Å². The van der Waals surface area contributed by atoms with E-state index < -0.39 is 0 Å². The van der Waals surface area contributed by atoms with Crippen molar-refractivity contribution < 1.29 is 14.3 Å². The largest absolute Gasteiger partial charge is 0.465 e. The zero-order valence-electron chi connectivity index (χ0n) is 19.0. The molecule has 4 rings (SSSR count). The Balaban J connectivity index is 1.41. The van der Waals surface area contributed by atoms with Crippen LogP contribution in [-0.4, -0.2) is 29.7 Å². The molecule has 2 heterocycles. The van der Waals surface area contributed by atoms with Crippen LogP contribution >= 0.6 is 23.1 Å². The van der Waals surface area contributed by atoms with Crippen LogP contribution in [0.2, 0.25) is 0 Å². The lowest BCUT2D eigenvalue weighted by Crippen LogP contribution is -2.15. The number of pyridine rings is 1. The highest BCUT2D eigenvalue weighted by Gasteiger charge is 2.27. The normalized spacial score (nSPS) is 15.4. The van der Waals surface area contributed by atoms with Gasteiger partial charge in [0, 0.05) is 22.7 Å². The summed E-state index contributed by atoms with van der Waals surface area (Å²) in [4.78, 5) is 31.1. The molecule has 2 aromatic heterocycles.